The van der Waals surface area contributed by atoms with Gasteiger partial charge in [0.1, 0.15) is 4.88 Å². The van der Waals surface area contributed by atoms with Crippen LogP contribution in [0.3, 0.4) is 0 Å². The minimum atomic E-state index is -0.890. The van der Waals surface area contributed by atoms with E-state index in [0.29, 0.717) is 23.9 Å². The molecular weight excluding hydrogens is 264 g/mol. The summed E-state index contributed by atoms with van der Waals surface area (Å²) < 4.78 is 5.25. The van der Waals surface area contributed by atoms with Crippen molar-refractivity contribution in [1.29, 1.82) is 0 Å². The number of nitrogens with one attached hydrogen (secondary N) is 1. The Kier molecular flexibility index (Phi) is 4.35. The molecule has 6 heteroatoms. The maximum Gasteiger partial charge on any atom is 0.345 e. The molecule has 5 nitrogen and oxygen atoms in total. The second-order valence-electron chi connectivity index (χ2n) is 3.74. The lowest BCUT2D eigenvalue weighted by molar-refractivity contribution is 0.0702. The van der Waals surface area contributed by atoms with E-state index in [4.69, 9.17) is 9.84 Å². The molecule has 0 radical (unpaired) electrons. The van der Waals surface area contributed by atoms with Crippen LogP contribution in [0.1, 0.15) is 21.5 Å². The van der Waals surface area contributed by atoms with Crippen molar-refractivity contribution < 1.29 is 14.6 Å². The molecule has 2 rings (SSSR count). The number of thiophene rings is 1. The second-order valence-corrected chi connectivity index (χ2v) is 4.91. The van der Waals surface area contributed by atoms with E-state index in [0.717, 1.165) is 10.6 Å². The van der Waals surface area contributed by atoms with Crippen molar-refractivity contribution in [1.82, 2.24) is 4.98 Å². The van der Waals surface area contributed by atoms with Crippen molar-refractivity contribution >= 4 is 23.0 Å². The second kappa shape index (κ2) is 6.19. The molecule has 0 aromatic carbocycles. The van der Waals surface area contributed by atoms with E-state index >= 15 is 0 Å². The molecule has 0 fully saturated rings. The molecule has 0 unspecified atom stereocenters. The lowest BCUT2D eigenvalue weighted by Crippen LogP contribution is -1.99. The van der Waals surface area contributed by atoms with Gasteiger partial charge in [0.2, 0.25) is 5.88 Å². The van der Waals surface area contributed by atoms with Gasteiger partial charge in [0.05, 0.1) is 18.5 Å². The predicted octanol–water partition coefficient (Wildman–Crippen LogP) is 2.85. The fourth-order valence-electron chi connectivity index (χ4n) is 1.50. The number of hydrogen-bond donors (Lipinski definition) is 2. The molecule has 0 aliphatic carbocycles. The highest BCUT2D eigenvalue weighted by Crippen LogP contribution is 2.18. The Morgan fingerprint density at radius 3 is 2.84 bits per heavy atom. The van der Waals surface area contributed by atoms with E-state index in [1.807, 2.05) is 19.1 Å². The lowest BCUT2D eigenvalue weighted by Gasteiger charge is -2.05. The summed E-state index contributed by atoms with van der Waals surface area (Å²) >= 11 is 1.26. The normalized spacial score (nSPS) is 10.2. The molecule has 0 amide bonds. The maximum absolute atomic E-state index is 10.8. The zero-order valence-electron chi connectivity index (χ0n) is 10.4. The quantitative estimate of drug-likeness (QED) is 0.850. The topological polar surface area (TPSA) is 71.5 Å². The highest BCUT2D eigenvalue weighted by molar-refractivity contribution is 7.13. The highest BCUT2D eigenvalue weighted by atomic mass is 32.1. The number of aromatic carboxylic acids is 1. The first kappa shape index (κ1) is 13.4. The molecular formula is C13H14N2O3S. The molecule has 0 saturated heterocycles. The fourth-order valence-corrected chi connectivity index (χ4v) is 2.28. The van der Waals surface area contributed by atoms with Crippen LogP contribution in [0, 0.1) is 0 Å². The Balaban J connectivity index is 1.92. The van der Waals surface area contributed by atoms with E-state index in [9.17, 15) is 4.79 Å². The van der Waals surface area contributed by atoms with Crippen LogP contribution in [0.2, 0.25) is 0 Å². The highest BCUT2D eigenvalue weighted by Gasteiger charge is 2.06. The Morgan fingerprint density at radius 2 is 2.26 bits per heavy atom. The minimum Gasteiger partial charge on any atom is -0.478 e. The summed E-state index contributed by atoms with van der Waals surface area (Å²) in [4.78, 5) is 16.2. The molecule has 0 atom stereocenters. The summed E-state index contributed by atoms with van der Waals surface area (Å²) in [7, 11) is 0. The van der Waals surface area contributed by atoms with Crippen molar-refractivity contribution in [3.05, 3.63) is 40.2 Å². The molecule has 2 N–H and O–H groups in total. The molecule has 2 aromatic rings. The van der Waals surface area contributed by atoms with Gasteiger partial charge < -0.3 is 15.2 Å². The molecule has 0 aliphatic heterocycles. The van der Waals surface area contributed by atoms with E-state index in [1.54, 1.807) is 18.3 Å². The number of pyridine rings is 1. The van der Waals surface area contributed by atoms with Gasteiger partial charge in [-0.1, -0.05) is 0 Å². The number of nitrogens with zero attached hydrogens (tertiary/aromatic N) is 1. The maximum atomic E-state index is 10.8. The Hall–Kier alpha value is -2.08. The van der Waals surface area contributed by atoms with E-state index in [-0.39, 0.29) is 0 Å². The van der Waals surface area contributed by atoms with Crippen molar-refractivity contribution in [3.8, 4) is 5.88 Å². The lowest BCUT2D eigenvalue weighted by atomic mass is 10.4. The smallest absolute Gasteiger partial charge is 0.345 e. The molecule has 2 aromatic heterocycles. The van der Waals surface area contributed by atoms with Crippen LogP contribution >= 0.6 is 11.3 Å². The summed E-state index contributed by atoms with van der Waals surface area (Å²) in [5.41, 5.74) is 0.869. The van der Waals surface area contributed by atoms with Crippen LogP contribution in [0.5, 0.6) is 5.88 Å². The summed E-state index contributed by atoms with van der Waals surface area (Å²) in [6.07, 6.45) is 1.69. The average molecular weight is 278 g/mol. The molecule has 0 bridgehead atoms. The summed E-state index contributed by atoms with van der Waals surface area (Å²) in [5.74, 6) is -0.295. The van der Waals surface area contributed by atoms with Gasteiger partial charge in [-0.2, -0.15) is 0 Å². The first-order valence-electron chi connectivity index (χ1n) is 5.83. The van der Waals surface area contributed by atoms with Crippen molar-refractivity contribution in [2.45, 2.75) is 13.5 Å². The fraction of sp³-hybridized carbons (Fsp3) is 0.231. The summed E-state index contributed by atoms with van der Waals surface area (Å²) in [6.45, 7) is 3.07. The number of carboxylic acids is 1. The monoisotopic (exact) mass is 278 g/mol. The van der Waals surface area contributed by atoms with Gasteiger partial charge in [-0.15, -0.1) is 11.3 Å². The third-order valence-corrected chi connectivity index (χ3v) is 3.44. The number of anilines is 1. The minimum absolute atomic E-state index is 0.349. The third-order valence-electron chi connectivity index (χ3n) is 2.37. The molecule has 0 spiro atoms. The van der Waals surface area contributed by atoms with Crippen LogP contribution in [-0.2, 0) is 6.54 Å². The van der Waals surface area contributed by atoms with E-state index in [2.05, 4.69) is 10.3 Å². The van der Waals surface area contributed by atoms with Gasteiger partial charge in [0.25, 0.3) is 0 Å². The molecule has 0 saturated carbocycles. The van der Waals surface area contributed by atoms with Crippen molar-refractivity contribution in [3.63, 3.8) is 0 Å². The number of rotatable bonds is 6. The summed E-state index contributed by atoms with van der Waals surface area (Å²) in [5, 5.41) is 12.0. The van der Waals surface area contributed by atoms with Crippen LogP contribution in [-0.4, -0.2) is 22.7 Å². The van der Waals surface area contributed by atoms with Crippen molar-refractivity contribution in [2.24, 2.45) is 0 Å². The Labute approximate surface area is 114 Å². The van der Waals surface area contributed by atoms with Gasteiger partial charge in [0, 0.05) is 17.5 Å². The standard InChI is InChI=1S/C13H14N2O3S/c1-2-18-12-6-3-9(7-15-12)14-8-10-4-5-11(19-10)13(16)17/h3-7,14H,2,8H2,1H3,(H,16,17). The third kappa shape index (κ3) is 3.69. The van der Waals surface area contributed by atoms with Crippen LogP contribution < -0.4 is 10.1 Å². The molecule has 0 aliphatic rings. The number of carboxylic acid groups (broad SMARTS) is 1. The number of hydrogen-bond acceptors (Lipinski definition) is 5. The van der Waals surface area contributed by atoms with Gasteiger partial charge in [-0.25, -0.2) is 9.78 Å². The summed E-state index contributed by atoms with van der Waals surface area (Å²) in [6, 6.07) is 7.09. The van der Waals surface area contributed by atoms with Crippen LogP contribution in [0.25, 0.3) is 0 Å². The number of ether oxygens (including phenoxy) is 1. The van der Waals surface area contributed by atoms with E-state index < -0.39 is 5.97 Å². The largest absolute Gasteiger partial charge is 0.478 e. The molecule has 19 heavy (non-hydrogen) atoms. The SMILES string of the molecule is CCOc1ccc(NCc2ccc(C(=O)O)s2)cn1. The van der Waals surface area contributed by atoms with Gasteiger partial charge in [0.15, 0.2) is 0 Å². The van der Waals surface area contributed by atoms with Crippen LogP contribution in [0.4, 0.5) is 5.69 Å². The zero-order valence-corrected chi connectivity index (χ0v) is 11.2. The first-order valence-corrected chi connectivity index (χ1v) is 6.65. The number of carbonyl (C=O) groups is 1. The van der Waals surface area contributed by atoms with Crippen LogP contribution in [0.15, 0.2) is 30.5 Å². The zero-order chi connectivity index (χ0) is 13.7. The first-order chi connectivity index (χ1) is 9.19. The Morgan fingerprint density at radius 1 is 1.42 bits per heavy atom. The Bertz CT molecular complexity index is 551. The predicted molar refractivity (Wildman–Crippen MR) is 74.0 cm³/mol. The van der Waals surface area contributed by atoms with Gasteiger partial charge in [-0.05, 0) is 25.1 Å². The average Bonchev–Trinajstić information content (AvgIpc) is 2.87. The molecule has 100 valence electrons. The number of aromatic nitrogens is 1. The van der Waals surface area contributed by atoms with Crippen molar-refractivity contribution in [2.75, 3.05) is 11.9 Å². The van der Waals surface area contributed by atoms with Gasteiger partial charge >= 0.3 is 5.97 Å². The molecule has 2 heterocycles. The van der Waals surface area contributed by atoms with E-state index in [1.165, 1.54) is 11.3 Å². The van der Waals surface area contributed by atoms with Gasteiger partial charge in [-0.3, -0.25) is 0 Å².